The molecule has 0 aromatic heterocycles. The molecule has 0 N–H and O–H groups in total. The minimum Gasteiger partial charge on any atom is -0.0602 e. The average molecular weight is 224 g/mol. The lowest BCUT2D eigenvalue weighted by atomic mass is 9.67. The zero-order chi connectivity index (χ0) is 12.4. The van der Waals surface area contributed by atoms with Crippen molar-refractivity contribution in [3.63, 3.8) is 0 Å². The van der Waals surface area contributed by atoms with Crippen molar-refractivity contribution < 1.29 is 0 Å². The molecule has 0 aromatic carbocycles. The number of rotatable bonds is 2. The highest BCUT2D eigenvalue weighted by molar-refractivity contribution is 4.81. The van der Waals surface area contributed by atoms with Gasteiger partial charge in [0, 0.05) is 0 Å². The molecule has 1 rings (SSSR count). The van der Waals surface area contributed by atoms with Gasteiger partial charge >= 0.3 is 0 Å². The Kier molecular flexibility index (Phi) is 4.49. The summed E-state index contributed by atoms with van der Waals surface area (Å²) in [5, 5.41) is 0. The predicted molar refractivity (Wildman–Crippen MR) is 73.6 cm³/mol. The molecular formula is C16H32. The Morgan fingerprint density at radius 1 is 0.938 bits per heavy atom. The fourth-order valence-corrected chi connectivity index (χ4v) is 2.98. The highest BCUT2D eigenvalue weighted by atomic mass is 14.4. The van der Waals surface area contributed by atoms with Gasteiger partial charge < -0.3 is 0 Å². The first-order valence-corrected chi connectivity index (χ1v) is 7.18. The van der Waals surface area contributed by atoms with Gasteiger partial charge in [-0.25, -0.2) is 0 Å². The molecule has 0 amide bonds. The van der Waals surface area contributed by atoms with Crippen LogP contribution in [0.3, 0.4) is 0 Å². The van der Waals surface area contributed by atoms with Crippen LogP contribution < -0.4 is 0 Å². The molecule has 0 heteroatoms. The Labute approximate surface area is 103 Å². The lowest BCUT2D eigenvalue weighted by Crippen LogP contribution is -2.27. The molecule has 0 aliphatic heterocycles. The van der Waals surface area contributed by atoms with Gasteiger partial charge in [0.25, 0.3) is 0 Å². The van der Waals surface area contributed by atoms with E-state index in [-0.39, 0.29) is 0 Å². The summed E-state index contributed by atoms with van der Waals surface area (Å²) < 4.78 is 0. The smallest absolute Gasteiger partial charge is 0.0354 e. The van der Waals surface area contributed by atoms with Gasteiger partial charge in [0.1, 0.15) is 0 Å². The van der Waals surface area contributed by atoms with Crippen LogP contribution in [0.2, 0.25) is 0 Å². The molecule has 0 heterocycles. The molecule has 96 valence electrons. The molecule has 0 saturated heterocycles. The van der Waals surface area contributed by atoms with Crippen LogP contribution in [0, 0.1) is 22.7 Å². The standard InChI is InChI=1S/C16H32/c1-15(2,3)11-10-13-8-7-9-14(12-13)16(4,5)6/h13-14H,7-12H2,1-6H3/t13-,14?/m0/s1. The minimum atomic E-state index is 0.522. The molecule has 1 aliphatic rings. The number of hydrogen-bond acceptors (Lipinski definition) is 0. The second-order valence-corrected chi connectivity index (χ2v) is 8.19. The molecule has 0 radical (unpaired) electrons. The Bertz CT molecular complexity index is 201. The topological polar surface area (TPSA) is 0 Å². The number of hydrogen-bond donors (Lipinski definition) is 0. The summed E-state index contributed by atoms with van der Waals surface area (Å²) in [5.74, 6) is 1.98. The maximum Gasteiger partial charge on any atom is -0.0354 e. The first-order valence-electron chi connectivity index (χ1n) is 7.18. The third-order valence-electron chi connectivity index (χ3n) is 4.31. The Morgan fingerprint density at radius 2 is 1.56 bits per heavy atom. The van der Waals surface area contributed by atoms with Crippen molar-refractivity contribution in [2.75, 3.05) is 0 Å². The minimum absolute atomic E-state index is 0.522. The van der Waals surface area contributed by atoms with Crippen LogP contribution in [-0.2, 0) is 0 Å². The first kappa shape index (κ1) is 14.1. The normalized spacial score (nSPS) is 28.1. The van der Waals surface area contributed by atoms with Crippen molar-refractivity contribution in [3.8, 4) is 0 Å². The van der Waals surface area contributed by atoms with E-state index in [9.17, 15) is 0 Å². The molecule has 0 nitrogen and oxygen atoms in total. The van der Waals surface area contributed by atoms with Gasteiger partial charge in [-0.2, -0.15) is 0 Å². The van der Waals surface area contributed by atoms with Gasteiger partial charge in [0.05, 0.1) is 0 Å². The van der Waals surface area contributed by atoms with Gasteiger partial charge in [-0.1, -0.05) is 54.4 Å². The predicted octanol–water partition coefficient (Wildman–Crippen LogP) is 5.67. The molecule has 1 aliphatic carbocycles. The van der Waals surface area contributed by atoms with Crippen LogP contribution in [0.4, 0.5) is 0 Å². The molecule has 2 atom stereocenters. The zero-order valence-corrected chi connectivity index (χ0v) is 12.4. The van der Waals surface area contributed by atoms with E-state index < -0.39 is 0 Å². The van der Waals surface area contributed by atoms with E-state index in [0.29, 0.717) is 10.8 Å². The van der Waals surface area contributed by atoms with Gasteiger partial charge in [-0.15, -0.1) is 0 Å². The average Bonchev–Trinajstić information content (AvgIpc) is 2.13. The lowest BCUT2D eigenvalue weighted by molar-refractivity contribution is 0.130. The van der Waals surface area contributed by atoms with E-state index in [4.69, 9.17) is 0 Å². The van der Waals surface area contributed by atoms with Crippen molar-refractivity contribution in [1.29, 1.82) is 0 Å². The Morgan fingerprint density at radius 3 is 2.06 bits per heavy atom. The van der Waals surface area contributed by atoms with E-state index in [2.05, 4.69) is 41.5 Å². The maximum atomic E-state index is 2.42. The fraction of sp³-hybridized carbons (Fsp3) is 1.00. The largest absolute Gasteiger partial charge is 0.0602 e. The molecule has 1 saturated carbocycles. The van der Waals surface area contributed by atoms with E-state index in [1.165, 1.54) is 38.5 Å². The van der Waals surface area contributed by atoms with Gasteiger partial charge in [-0.05, 0) is 48.3 Å². The van der Waals surface area contributed by atoms with Crippen LogP contribution in [-0.4, -0.2) is 0 Å². The second kappa shape index (κ2) is 5.10. The van der Waals surface area contributed by atoms with Crippen molar-refractivity contribution in [1.82, 2.24) is 0 Å². The SMILES string of the molecule is CC(C)(C)CC[C@@H]1CCCC(C(C)(C)C)C1. The summed E-state index contributed by atoms with van der Waals surface area (Å²) in [6, 6.07) is 0. The van der Waals surface area contributed by atoms with Crippen molar-refractivity contribution >= 4 is 0 Å². The summed E-state index contributed by atoms with van der Waals surface area (Å²) in [4.78, 5) is 0. The van der Waals surface area contributed by atoms with Crippen LogP contribution in [0.5, 0.6) is 0 Å². The van der Waals surface area contributed by atoms with Crippen molar-refractivity contribution in [2.24, 2.45) is 22.7 Å². The molecule has 1 fully saturated rings. The third-order valence-corrected chi connectivity index (χ3v) is 4.31. The van der Waals surface area contributed by atoms with Gasteiger partial charge in [-0.3, -0.25) is 0 Å². The summed E-state index contributed by atoms with van der Waals surface area (Å²) >= 11 is 0. The Hall–Kier alpha value is 0. The zero-order valence-electron chi connectivity index (χ0n) is 12.4. The summed E-state index contributed by atoms with van der Waals surface area (Å²) in [7, 11) is 0. The van der Waals surface area contributed by atoms with Crippen LogP contribution in [0.15, 0.2) is 0 Å². The molecule has 0 aromatic rings. The fourth-order valence-electron chi connectivity index (χ4n) is 2.98. The molecule has 1 unspecified atom stereocenters. The molecule has 0 spiro atoms. The van der Waals surface area contributed by atoms with Crippen LogP contribution >= 0.6 is 0 Å². The monoisotopic (exact) mass is 224 g/mol. The highest BCUT2D eigenvalue weighted by Gasteiger charge is 2.30. The second-order valence-electron chi connectivity index (χ2n) is 8.19. The van der Waals surface area contributed by atoms with Crippen molar-refractivity contribution in [3.05, 3.63) is 0 Å². The van der Waals surface area contributed by atoms with E-state index in [0.717, 1.165) is 11.8 Å². The molecule has 16 heavy (non-hydrogen) atoms. The molecule has 0 bridgehead atoms. The van der Waals surface area contributed by atoms with Gasteiger partial charge in [0.15, 0.2) is 0 Å². The van der Waals surface area contributed by atoms with E-state index in [1.807, 2.05) is 0 Å². The third kappa shape index (κ3) is 4.89. The van der Waals surface area contributed by atoms with E-state index >= 15 is 0 Å². The summed E-state index contributed by atoms with van der Waals surface area (Å²) in [5.41, 5.74) is 1.05. The maximum absolute atomic E-state index is 2.42. The summed E-state index contributed by atoms with van der Waals surface area (Å²) in [6.07, 6.45) is 8.76. The van der Waals surface area contributed by atoms with Gasteiger partial charge in [0.2, 0.25) is 0 Å². The molecular weight excluding hydrogens is 192 g/mol. The van der Waals surface area contributed by atoms with Crippen molar-refractivity contribution in [2.45, 2.75) is 80.1 Å². The van der Waals surface area contributed by atoms with Crippen LogP contribution in [0.25, 0.3) is 0 Å². The highest BCUT2D eigenvalue weighted by Crippen LogP contribution is 2.42. The van der Waals surface area contributed by atoms with Crippen LogP contribution in [0.1, 0.15) is 80.1 Å². The quantitative estimate of drug-likeness (QED) is 0.567. The van der Waals surface area contributed by atoms with E-state index in [1.54, 1.807) is 0 Å². The Balaban J connectivity index is 2.39. The first-order chi connectivity index (χ1) is 7.18. The summed E-state index contributed by atoms with van der Waals surface area (Å²) in [6.45, 7) is 14.4. The lowest BCUT2D eigenvalue weighted by Gasteiger charge is -2.38.